The normalized spacial score (nSPS) is 7.12. The summed E-state index contributed by atoms with van der Waals surface area (Å²) in [5.41, 5.74) is 0. The van der Waals surface area contributed by atoms with Crippen LogP contribution in [-0.4, -0.2) is 5.11 Å². The number of aliphatic hydroxyl groups is 1. The van der Waals surface area contributed by atoms with Gasteiger partial charge in [-0.25, -0.2) is 0 Å². The number of hydrogen-bond acceptors (Lipinski definition) is 1. The summed E-state index contributed by atoms with van der Waals surface area (Å²) in [5, 5.41) is 8.41. The van der Waals surface area contributed by atoms with E-state index >= 15 is 0 Å². The van der Waals surface area contributed by atoms with Crippen LogP contribution < -0.4 is 0 Å². The van der Waals surface area contributed by atoms with Gasteiger partial charge in [0.25, 0.3) is 0 Å². The molecule has 44 valence electrons. The Morgan fingerprint density at radius 2 is 2.38 bits per heavy atom. The molecule has 0 saturated heterocycles. The van der Waals surface area contributed by atoms with E-state index < -0.39 is 0 Å². The number of rotatable bonds is 1. The van der Waals surface area contributed by atoms with Crippen molar-refractivity contribution in [1.82, 2.24) is 0 Å². The molecule has 0 aliphatic rings. The summed E-state index contributed by atoms with van der Waals surface area (Å²) < 4.78 is 0. The van der Waals surface area contributed by atoms with E-state index in [1.54, 1.807) is 0 Å². The van der Waals surface area contributed by atoms with Crippen LogP contribution in [0.5, 0.6) is 0 Å². The summed E-state index contributed by atoms with van der Waals surface area (Å²) in [6.45, 7) is 5.25. The molecule has 0 saturated carbocycles. The van der Waals surface area contributed by atoms with Crippen molar-refractivity contribution in [2.45, 2.75) is 19.8 Å². The van der Waals surface area contributed by atoms with Gasteiger partial charge in [0, 0.05) is 6.42 Å². The summed E-state index contributed by atoms with van der Waals surface area (Å²) in [4.78, 5) is 0. The maximum absolute atomic E-state index is 8.41. The Balaban J connectivity index is 3.35. The van der Waals surface area contributed by atoms with Crippen molar-refractivity contribution in [1.29, 1.82) is 0 Å². The molecule has 0 aromatic rings. The zero-order chi connectivity index (χ0) is 6.41. The SMILES string of the molecule is C=C(O)C#CCCC. The van der Waals surface area contributed by atoms with Crippen molar-refractivity contribution in [3.05, 3.63) is 12.3 Å². The van der Waals surface area contributed by atoms with Gasteiger partial charge >= 0.3 is 0 Å². The molecule has 1 N–H and O–H groups in total. The Morgan fingerprint density at radius 1 is 1.75 bits per heavy atom. The molecule has 0 amide bonds. The molecule has 0 bridgehead atoms. The van der Waals surface area contributed by atoms with Crippen LogP contribution in [0.4, 0.5) is 0 Å². The van der Waals surface area contributed by atoms with Gasteiger partial charge in [0.15, 0.2) is 5.76 Å². The lowest BCUT2D eigenvalue weighted by Crippen LogP contribution is -1.67. The van der Waals surface area contributed by atoms with Crippen molar-refractivity contribution < 1.29 is 5.11 Å². The molecule has 0 aliphatic carbocycles. The van der Waals surface area contributed by atoms with Crippen molar-refractivity contribution in [3.63, 3.8) is 0 Å². The van der Waals surface area contributed by atoms with E-state index in [4.69, 9.17) is 5.11 Å². The monoisotopic (exact) mass is 110 g/mol. The van der Waals surface area contributed by atoms with E-state index in [0.717, 1.165) is 12.8 Å². The Labute approximate surface area is 50.0 Å². The van der Waals surface area contributed by atoms with Crippen molar-refractivity contribution >= 4 is 0 Å². The van der Waals surface area contributed by atoms with Crippen molar-refractivity contribution in [2.75, 3.05) is 0 Å². The Bertz CT molecular complexity index is 125. The Hall–Kier alpha value is -0.900. The summed E-state index contributed by atoms with van der Waals surface area (Å²) in [6, 6.07) is 0. The molecule has 0 fully saturated rings. The minimum atomic E-state index is -0.0431. The highest BCUT2D eigenvalue weighted by Crippen LogP contribution is 1.82. The lowest BCUT2D eigenvalue weighted by Gasteiger charge is -1.77. The summed E-state index contributed by atoms with van der Waals surface area (Å²) in [5.74, 6) is 5.15. The van der Waals surface area contributed by atoms with Gasteiger partial charge in [0.05, 0.1) is 0 Å². The number of allylic oxidation sites excluding steroid dienone is 1. The van der Waals surface area contributed by atoms with Gasteiger partial charge in [-0.15, -0.1) is 0 Å². The average Bonchev–Trinajstić information content (AvgIpc) is 1.66. The van der Waals surface area contributed by atoms with Gasteiger partial charge in [-0.1, -0.05) is 12.8 Å². The molecular formula is C7H10O. The van der Waals surface area contributed by atoms with Gasteiger partial charge in [-0.05, 0) is 18.9 Å². The van der Waals surface area contributed by atoms with Gasteiger partial charge in [0.1, 0.15) is 0 Å². The zero-order valence-electron chi connectivity index (χ0n) is 5.07. The predicted octanol–water partition coefficient (Wildman–Crippen LogP) is 1.86. The van der Waals surface area contributed by atoms with Gasteiger partial charge in [0.2, 0.25) is 0 Å². The molecule has 0 radical (unpaired) electrons. The molecule has 0 unspecified atom stereocenters. The minimum Gasteiger partial charge on any atom is -0.501 e. The maximum Gasteiger partial charge on any atom is 0.159 e. The first-order valence-corrected chi connectivity index (χ1v) is 2.64. The third kappa shape index (κ3) is 5.10. The number of aliphatic hydroxyl groups excluding tert-OH is 1. The second kappa shape index (κ2) is 4.26. The van der Waals surface area contributed by atoms with Gasteiger partial charge in [-0.2, -0.15) is 0 Å². The van der Waals surface area contributed by atoms with E-state index in [-0.39, 0.29) is 5.76 Å². The predicted molar refractivity (Wildman–Crippen MR) is 34.5 cm³/mol. The van der Waals surface area contributed by atoms with Crippen LogP contribution in [0.25, 0.3) is 0 Å². The third-order valence-electron chi connectivity index (χ3n) is 0.608. The van der Waals surface area contributed by atoms with Crippen LogP contribution in [-0.2, 0) is 0 Å². The highest BCUT2D eigenvalue weighted by molar-refractivity contribution is 5.17. The van der Waals surface area contributed by atoms with E-state index in [1.165, 1.54) is 0 Å². The fraction of sp³-hybridized carbons (Fsp3) is 0.429. The smallest absolute Gasteiger partial charge is 0.159 e. The number of unbranched alkanes of at least 4 members (excludes halogenated alkanes) is 1. The van der Waals surface area contributed by atoms with E-state index in [9.17, 15) is 0 Å². The molecule has 0 spiro atoms. The third-order valence-corrected chi connectivity index (χ3v) is 0.608. The Morgan fingerprint density at radius 3 is 2.75 bits per heavy atom. The Kier molecular flexibility index (Phi) is 3.78. The lowest BCUT2D eigenvalue weighted by atomic mass is 10.3. The number of hydrogen-bond donors (Lipinski definition) is 1. The van der Waals surface area contributed by atoms with Crippen molar-refractivity contribution in [2.24, 2.45) is 0 Å². The lowest BCUT2D eigenvalue weighted by molar-refractivity contribution is 0.441. The minimum absolute atomic E-state index is 0.0431. The van der Waals surface area contributed by atoms with Crippen LogP contribution in [0.15, 0.2) is 12.3 Å². The summed E-state index contributed by atoms with van der Waals surface area (Å²) in [6.07, 6.45) is 1.86. The molecule has 1 heteroatoms. The quantitative estimate of drug-likeness (QED) is 0.403. The highest BCUT2D eigenvalue weighted by Gasteiger charge is 1.72. The fourth-order valence-corrected chi connectivity index (χ4v) is 0.290. The zero-order valence-corrected chi connectivity index (χ0v) is 5.07. The van der Waals surface area contributed by atoms with Crippen LogP contribution in [0, 0.1) is 11.8 Å². The second-order valence-electron chi connectivity index (χ2n) is 1.50. The highest BCUT2D eigenvalue weighted by atomic mass is 16.3. The van der Waals surface area contributed by atoms with E-state index in [0.29, 0.717) is 0 Å². The largest absolute Gasteiger partial charge is 0.501 e. The molecule has 0 heterocycles. The van der Waals surface area contributed by atoms with Gasteiger partial charge in [-0.3, -0.25) is 0 Å². The standard InChI is InChI=1S/C7H10O/c1-3-4-5-6-7(2)8/h8H,2-4H2,1H3. The van der Waals surface area contributed by atoms with Crippen LogP contribution >= 0.6 is 0 Å². The molecular weight excluding hydrogens is 100 g/mol. The molecule has 0 aromatic carbocycles. The van der Waals surface area contributed by atoms with Crippen molar-refractivity contribution in [3.8, 4) is 11.8 Å². The van der Waals surface area contributed by atoms with Crippen LogP contribution in [0.3, 0.4) is 0 Å². The topological polar surface area (TPSA) is 20.2 Å². The van der Waals surface area contributed by atoms with E-state index in [1.807, 2.05) is 6.92 Å². The molecule has 8 heavy (non-hydrogen) atoms. The molecule has 0 aromatic heterocycles. The molecule has 0 aliphatic heterocycles. The van der Waals surface area contributed by atoms with Crippen LogP contribution in [0.2, 0.25) is 0 Å². The first-order chi connectivity index (χ1) is 3.77. The molecule has 1 nitrogen and oxygen atoms in total. The first kappa shape index (κ1) is 7.10. The first-order valence-electron chi connectivity index (χ1n) is 2.64. The average molecular weight is 110 g/mol. The second-order valence-corrected chi connectivity index (χ2v) is 1.50. The van der Waals surface area contributed by atoms with E-state index in [2.05, 4.69) is 18.4 Å². The van der Waals surface area contributed by atoms with Gasteiger partial charge < -0.3 is 5.11 Å². The molecule has 0 atom stereocenters. The fourth-order valence-electron chi connectivity index (χ4n) is 0.290. The summed E-state index contributed by atoms with van der Waals surface area (Å²) in [7, 11) is 0. The summed E-state index contributed by atoms with van der Waals surface area (Å²) >= 11 is 0. The molecule has 0 rings (SSSR count). The van der Waals surface area contributed by atoms with Crippen LogP contribution in [0.1, 0.15) is 19.8 Å². The maximum atomic E-state index is 8.41.